The van der Waals surface area contributed by atoms with E-state index in [4.69, 9.17) is 4.74 Å². The van der Waals surface area contributed by atoms with E-state index in [-0.39, 0.29) is 42.4 Å². The van der Waals surface area contributed by atoms with Crippen molar-refractivity contribution in [3.63, 3.8) is 0 Å². The van der Waals surface area contributed by atoms with Gasteiger partial charge in [-0.05, 0) is 42.7 Å². The molecule has 1 fully saturated rings. The van der Waals surface area contributed by atoms with Crippen LogP contribution in [-0.4, -0.2) is 38.4 Å². The number of benzene rings is 1. The van der Waals surface area contributed by atoms with Gasteiger partial charge in [-0.25, -0.2) is 8.42 Å². The average molecular weight is 365 g/mol. The monoisotopic (exact) mass is 365 g/mol. The Morgan fingerprint density at radius 3 is 2.76 bits per heavy atom. The summed E-state index contributed by atoms with van der Waals surface area (Å²) in [6.07, 6.45) is 3.44. The van der Waals surface area contributed by atoms with E-state index in [1.807, 2.05) is 18.2 Å². The van der Waals surface area contributed by atoms with E-state index in [2.05, 4.69) is 11.4 Å². The molecule has 0 bridgehead atoms. The molecule has 0 saturated carbocycles. The highest BCUT2D eigenvalue weighted by Crippen LogP contribution is 2.29. The number of carbonyl (C=O) groups is 2. The molecule has 0 spiro atoms. The predicted molar refractivity (Wildman–Crippen MR) is 92.6 cm³/mol. The second-order valence-electron chi connectivity index (χ2n) is 6.85. The molecule has 7 heteroatoms. The third kappa shape index (κ3) is 4.81. The molecule has 1 amide bonds. The summed E-state index contributed by atoms with van der Waals surface area (Å²) in [5.41, 5.74) is 2.38. The van der Waals surface area contributed by atoms with E-state index in [1.54, 1.807) is 0 Å². The maximum atomic E-state index is 12.1. The molecule has 1 heterocycles. The first-order valence-corrected chi connectivity index (χ1v) is 10.5. The van der Waals surface area contributed by atoms with Gasteiger partial charge >= 0.3 is 5.97 Å². The Labute approximate surface area is 147 Å². The zero-order chi connectivity index (χ0) is 17.9. The van der Waals surface area contributed by atoms with Gasteiger partial charge in [-0.15, -0.1) is 0 Å². The average Bonchev–Trinajstić information content (AvgIpc) is 2.92. The van der Waals surface area contributed by atoms with Crippen molar-refractivity contribution >= 4 is 21.7 Å². The fraction of sp³-hybridized carbons (Fsp3) is 0.556. The predicted octanol–water partition coefficient (Wildman–Crippen LogP) is 1.55. The lowest BCUT2D eigenvalue weighted by Crippen LogP contribution is -2.34. The summed E-state index contributed by atoms with van der Waals surface area (Å²) < 4.78 is 27.8. The summed E-state index contributed by atoms with van der Waals surface area (Å²) in [5.74, 6) is -0.860. The standard InChI is InChI=1S/C18H23NO5S/c20-17(11-24-18(21)10-13-8-9-25(22,23)12-13)19-16-7-3-5-14-4-1-2-6-15(14)16/h1-2,4,6,13,16H,3,5,7-12H2,(H,19,20)/t13-,16+/m1/s1. The van der Waals surface area contributed by atoms with Crippen LogP contribution in [0, 0.1) is 5.92 Å². The van der Waals surface area contributed by atoms with Gasteiger partial charge in [0.05, 0.1) is 17.5 Å². The second-order valence-corrected chi connectivity index (χ2v) is 9.07. The smallest absolute Gasteiger partial charge is 0.306 e. The number of rotatable bonds is 5. The Bertz CT molecular complexity index is 758. The minimum atomic E-state index is -3.01. The Morgan fingerprint density at radius 1 is 1.20 bits per heavy atom. The molecule has 1 aliphatic heterocycles. The third-order valence-corrected chi connectivity index (χ3v) is 6.69. The summed E-state index contributed by atoms with van der Waals surface area (Å²) in [6.45, 7) is -0.322. The van der Waals surface area contributed by atoms with E-state index in [0.29, 0.717) is 6.42 Å². The topological polar surface area (TPSA) is 89.5 Å². The fourth-order valence-corrected chi connectivity index (χ4v) is 5.48. The van der Waals surface area contributed by atoms with Crippen molar-refractivity contribution in [3.8, 4) is 0 Å². The van der Waals surface area contributed by atoms with Gasteiger partial charge in [-0.3, -0.25) is 9.59 Å². The molecular formula is C18H23NO5S. The molecule has 1 N–H and O–H groups in total. The minimum Gasteiger partial charge on any atom is -0.456 e. The van der Waals surface area contributed by atoms with Crippen molar-refractivity contribution in [2.45, 2.75) is 38.1 Å². The molecule has 136 valence electrons. The van der Waals surface area contributed by atoms with Gasteiger partial charge in [-0.2, -0.15) is 0 Å². The normalized spacial score (nSPS) is 24.3. The van der Waals surface area contributed by atoms with Crippen LogP contribution in [0.2, 0.25) is 0 Å². The molecule has 0 aromatic heterocycles. The van der Waals surface area contributed by atoms with E-state index in [1.165, 1.54) is 5.56 Å². The van der Waals surface area contributed by atoms with Crippen molar-refractivity contribution < 1.29 is 22.7 Å². The highest BCUT2D eigenvalue weighted by molar-refractivity contribution is 7.91. The highest BCUT2D eigenvalue weighted by Gasteiger charge is 2.30. The van der Waals surface area contributed by atoms with E-state index < -0.39 is 15.8 Å². The van der Waals surface area contributed by atoms with E-state index in [0.717, 1.165) is 24.8 Å². The number of carbonyl (C=O) groups excluding carboxylic acids is 2. The SMILES string of the molecule is O=C(COC(=O)C[C@H]1CCS(=O)(=O)C1)N[C@H]1CCCc2ccccc21. The van der Waals surface area contributed by atoms with Gasteiger partial charge < -0.3 is 10.1 Å². The fourth-order valence-electron chi connectivity index (χ4n) is 3.61. The molecule has 25 heavy (non-hydrogen) atoms. The van der Waals surface area contributed by atoms with Crippen LogP contribution < -0.4 is 5.32 Å². The summed E-state index contributed by atoms with van der Waals surface area (Å²) in [4.78, 5) is 23.9. The third-order valence-electron chi connectivity index (χ3n) is 4.85. The Balaban J connectivity index is 1.45. The number of hydrogen-bond donors (Lipinski definition) is 1. The molecule has 1 aromatic carbocycles. The van der Waals surface area contributed by atoms with Crippen LogP contribution in [0.25, 0.3) is 0 Å². The number of ether oxygens (including phenoxy) is 1. The summed E-state index contributed by atoms with van der Waals surface area (Å²) in [5, 5.41) is 2.93. The summed E-state index contributed by atoms with van der Waals surface area (Å²) in [7, 11) is -3.01. The molecule has 3 rings (SSSR count). The molecular weight excluding hydrogens is 342 g/mol. The molecule has 6 nitrogen and oxygen atoms in total. The lowest BCUT2D eigenvalue weighted by Gasteiger charge is -2.26. The van der Waals surface area contributed by atoms with Crippen molar-refractivity contribution in [3.05, 3.63) is 35.4 Å². The van der Waals surface area contributed by atoms with Crippen molar-refractivity contribution in [1.29, 1.82) is 0 Å². The van der Waals surface area contributed by atoms with Crippen LogP contribution in [0.4, 0.5) is 0 Å². The molecule has 0 radical (unpaired) electrons. The van der Waals surface area contributed by atoms with Crippen LogP contribution in [-0.2, 0) is 30.6 Å². The molecule has 1 saturated heterocycles. The molecule has 0 unspecified atom stereocenters. The summed E-state index contributed by atoms with van der Waals surface area (Å²) >= 11 is 0. The molecule has 2 atom stereocenters. The van der Waals surface area contributed by atoms with Crippen LogP contribution in [0.15, 0.2) is 24.3 Å². The van der Waals surface area contributed by atoms with Gasteiger partial charge in [0.25, 0.3) is 5.91 Å². The molecule has 1 aromatic rings. The Morgan fingerprint density at radius 2 is 2.00 bits per heavy atom. The van der Waals surface area contributed by atoms with Gasteiger partial charge in [0.1, 0.15) is 0 Å². The van der Waals surface area contributed by atoms with Gasteiger partial charge in [0.2, 0.25) is 0 Å². The number of hydrogen-bond acceptors (Lipinski definition) is 5. The van der Waals surface area contributed by atoms with Crippen LogP contribution in [0.1, 0.15) is 42.9 Å². The first-order valence-electron chi connectivity index (χ1n) is 8.66. The lowest BCUT2D eigenvalue weighted by atomic mass is 9.88. The van der Waals surface area contributed by atoms with Gasteiger partial charge in [-0.1, -0.05) is 24.3 Å². The highest BCUT2D eigenvalue weighted by atomic mass is 32.2. The largest absolute Gasteiger partial charge is 0.456 e. The number of aryl methyl sites for hydroxylation is 1. The van der Waals surface area contributed by atoms with Crippen LogP contribution in [0.3, 0.4) is 0 Å². The maximum absolute atomic E-state index is 12.1. The van der Waals surface area contributed by atoms with Crippen molar-refractivity contribution in [2.24, 2.45) is 5.92 Å². The van der Waals surface area contributed by atoms with Crippen molar-refractivity contribution in [1.82, 2.24) is 5.32 Å². The van der Waals surface area contributed by atoms with E-state index >= 15 is 0 Å². The lowest BCUT2D eigenvalue weighted by molar-refractivity contribution is -0.149. The first-order chi connectivity index (χ1) is 11.9. The number of sulfone groups is 1. The zero-order valence-electron chi connectivity index (χ0n) is 14.1. The number of fused-ring (bicyclic) bond motifs is 1. The number of nitrogens with one attached hydrogen (secondary N) is 1. The van der Waals surface area contributed by atoms with Crippen molar-refractivity contribution in [2.75, 3.05) is 18.1 Å². The quantitative estimate of drug-likeness (QED) is 0.800. The maximum Gasteiger partial charge on any atom is 0.306 e. The Hall–Kier alpha value is -1.89. The Kier molecular flexibility index (Phi) is 5.42. The number of amides is 1. The van der Waals surface area contributed by atoms with E-state index in [9.17, 15) is 18.0 Å². The molecule has 1 aliphatic carbocycles. The second kappa shape index (κ2) is 7.56. The van der Waals surface area contributed by atoms with Gasteiger partial charge in [0, 0.05) is 6.42 Å². The summed E-state index contributed by atoms with van der Waals surface area (Å²) in [6, 6.07) is 8.00. The van der Waals surface area contributed by atoms with Crippen LogP contribution >= 0.6 is 0 Å². The van der Waals surface area contributed by atoms with Crippen LogP contribution in [0.5, 0.6) is 0 Å². The minimum absolute atomic E-state index is 0.0349. The van der Waals surface area contributed by atoms with Gasteiger partial charge in [0.15, 0.2) is 16.4 Å². The first kappa shape index (κ1) is 17.9. The molecule has 2 aliphatic rings. The number of esters is 1. The zero-order valence-corrected chi connectivity index (χ0v) is 14.9.